The van der Waals surface area contributed by atoms with E-state index in [4.69, 9.17) is 14.0 Å². The molecule has 23 heavy (non-hydrogen) atoms. The molecule has 1 aliphatic rings. The standard InChI is InChI=1S/C16H19N3O4/c1-11-2-3-13(9-17-11)22-10-14-8-15(19-23-14)16(20)18-12-4-6-21-7-5-12/h2-3,8-9,12H,4-7,10H2,1H3,(H,18,20). The molecule has 1 saturated heterocycles. The second kappa shape index (κ2) is 7.23. The average Bonchev–Trinajstić information content (AvgIpc) is 3.04. The van der Waals surface area contributed by atoms with Gasteiger partial charge < -0.3 is 19.3 Å². The van der Waals surface area contributed by atoms with Crippen molar-refractivity contribution in [1.29, 1.82) is 0 Å². The minimum Gasteiger partial charge on any atom is -0.484 e. The Morgan fingerprint density at radius 2 is 2.22 bits per heavy atom. The number of aromatic nitrogens is 2. The van der Waals surface area contributed by atoms with Crippen LogP contribution in [0.25, 0.3) is 0 Å². The van der Waals surface area contributed by atoms with Gasteiger partial charge in [-0.1, -0.05) is 5.16 Å². The number of carbonyl (C=O) groups is 1. The van der Waals surface area contributed by atoms with Crippen molar-refractivity contribution in [1.82, 2.24) is 15.5 Å². The van der Waals surface area contributed by atoms with Crippen LogP contribution in [0.15, 0.2) is 28.9 Å². The van der Waals surface area contributed by atoms with E-state index >= 15 is 0 Å². The van der Waals surface area contributed by atoms with E-state index in [9.17, 15) is 4.79 Å². The van der Waals surface area contributed by atoms with Gasteiger partial charge in [0.15, 0.2) is 11.5 Å². The SMILES string of the molecule is Cc1ccc(OCc2cc(C(=O)NC3CCOCC3)no2)cn1. The lowest BCUT2D eigenvalue weighted by atomic mass is 10.1. The summed E-state index contributed by atoms with van der Waals surface area (Å²) in [6.45, 7) is 3.45. The molecule has 2 aromatic rings. The highest BCUT2D eigenvalue weighted by Gasteiger charge is 2.19. The number of aryl methyl sites for hydroxylation is 1. The highest BCUT2D eigenvalue weighted by Crippen LogP contribution is 2.13. The van der Waals surface area contributed by atoms with E-state index in [0.29, 0.717) is 24.7 Å². The highest BCUT2D eigenvalue weighted by atomic mass is 16.5. The Morgan fingerprint density at radius 3 is 2.96 bits per heavy atom. The number of carbonyl (C=O) groups excluding carboxylic acids is 1. The minimum atomic E-state index is -0.232. The van der Waals surface area contributed by atoms with Gasteiger partial charge in [-0.25, -0.2) is 0 Å². The monoisotopic (exact) mass is 317 g/mol. The molecule has 122 valence electrons. The van der Waals surface area contributed by atoms with Gasteiger partial charge in [0.2, 0.25) is 0 Å². The van der Waals surface area contributed by atoms with Crippen molar-refractivity contribution in [2.24, 2.45) is 0 Å². The molecular formula is C16H19N3O4. The Morgan fingerprint density at radius 1 is 1.39 bits per heavy atom. The molecule has 0 aromatic carbocycles. The molecule has 0 unspecified atom stereocenters. The molecule has 1 N–H and O–H groups in total. The van der Waals surface area contributed by atoms with Crippen molar-refractivity contribution in [3.8, 4) is 5.75 Å². The summed E-state index contributed by atoms with van der Waals surface area (Å²) >= 11 is 0. The molecule has 1 aliphatic heterocycles. The first-order valence-corrected chi connectivity index (χ1v) is 7.60. The summed E-state index contributed by atoms with van der Waals surface area (Å²) in [5.74, 6) is 0.895. The van der Waals surface area contributed by atoms with Gasteiger partial charge in [0.25, 0.3) is 5.91 Å². The maximum atomic E-state index is 12.1. The van der Waals surface area contributed by atoms with Crippen LogP contribution >= 0.6 is 0 Å². The first-order valence-electron chi connectivity index (χ1n) is 7.60. The van der Waals surface area contributed by atoms with Gasteiger partial charge in [-0.2, -0.15) is 0 Å². The Bertz CT molecular complexity index is 648. The van der Waals surface area contributed by atoms with Gasteiger partial charge in [-0.15, -0.1) is 0 Å². The zero-order valence-electron chi connectivity index (χ0n) is 12.9. The molecule has 7 heteroatoms. The number of hydrogen-bond acceptors (Lipinski definition) is 6. The second-order valence-electron chi connectivity index (χ2n) is 5.46. The Kier molecular flexibility index (Phi) is 4.87. The second-order valence-corrected chi connectivity index (χ2v) is 5.46. The molecule has 0 spiro atoms. The summed E-state index contributed by atoms with van der Waals surface area (Å²) in [4.78, 5) is 16.3. The van der Waals surface area contributed by atoms with Crippen LogP contribution in [0.5, 0.6) is 5.75 Å². The van der Waals surface area contributed by atoms with Crippen molar-refractivity contribution in [2.45, 2.75) is 32.4 Å². The van der Waals surface area contributed by atoms with Crippen LogP contribution in [-0.2, 0) is 11.3 Å². The summed E-state index contributed by atoms with van der Waals surface area (Å²) in [5, 5.41) is 6.73. The molecule has 0 aliphatic carbocycles. The Hall–Kier alpha value is -2.41. The van der Waals surface area contributed by atoms with E-state index in [1.165, 1.54) is 0 Å². The summed E-state index contributed by atoms with van der Waals surface area (Å²) in [6, 6.07) is 5.42. The summed E-state index contributed by atoms with van der Waals surface area (Å²) < 4.78 is 16.0. The van der Waals surface area contributed by atoms with E-state index < -0.39 is 0 Å². The topological polar surface area (TPSA) is 86.5 Å². The van der Waals surface area contributed by atoms with Gasteiger partial charge in [-0.05, 0) is 31.9 Å². The van der Waals surface area contributed by atoms with Crippen LogP contribution < -0.4 is 10.1 Å². The number of pyridine rings is 1. The van der Waals surface area contributed by atoms with E-state index in [1.807, 2.05) is 19.1 Å². The van der Waals surface area contributed by atoms with Gasteiger partial charge in [-0.3, -0.25) is 9.78 Å². The number of ether oxygens (including phenoxy) is 2. The number of rotatable bonds is 5. The van der Waals surface area contributed by atoms with Gasteiger partial charge in [0.1, 0.15) is 12.4 Å². The summed E-state index contributed by atoms with van der Waals surface area (Å²) in [7, 11) is 0. The zero-order valence-corrected chi connectivity index (χ0v) is 12.9. The Balaban J connectivity index is 1.52. The normalized spacial score (nSPS) is 15.3. The first kappa shape index (κ1) is 15.5. The molecule has 1 fully saturated rings. The van der Waals surface area contributed by atoms with Crippen molar-refractivity contribution >= 4 is 5.91 Å². The van der Waals surface area contributed by atoms with Gasteiger partial charge >= 0.3 is 0 Å². The zero-order chi connectivity index (χ0) is 16.1. The fourth-order valence-electron chi connectivity index (χ4n) is 2.28. The largest absolute Gasteiger partial charge is 0.484 e. The van der Waals surface area contributed by atoms with E-state index in [2.05, 4.69) is 15.5 Å². The molecule has 2 aromatic heterocycles. The van der Waals surface area contributed by atoms with Crippen LogP contribution in [0.1, 0.15) is 34.8 Å². The van der Waals surface area contributed by atoms with Crippen LogP contribution in [0, 0.1) is 6.92 Å². The molecular weight excluding hydrogens is 298 g/mol. The van der Waals surface area contributed by atoms with E-state index in [1.54, 1.807) is 12.3 Å². The number of nitrogens with zero attached hydrogens (tertiary/aromatic N) is 2. The third kappa shape index (κ3) is 4.29. The highest BCUT2D eigenvalue weighted by molar-refractivity contribution is 5.92. The van der Waals surface area contributed by atoms with Crippen LogP contribution in [0.4, 0.5) is 0 Å². The van der Waals surface area contributed by atoms with Crippen LogP contribution in [0.2, 0.25) is 0 Å². The fourth-order valence-corrected chi connectivity index (χ4v) is 2.28. The summed E-state index contributed by atoms with van der Waals surface area (Å²) in [5.41, 5.74) is 1.18. The van der Waals surface area contributed by atoms with E-state index in [0.717, 1.165) is 18.5 Å². The maximum absolute atomic E-state index is 12.1. The molecule has 1 amide bonds. The predicted molar refractivity (Wildman–Crippen MR) is 81.1 cm³/mol. The predicted octanol–water partition coefficient (Wildman–Crippen LogP) is 1.87. The third-order valence-corrected chi connectivity index (χ3v) is 3.61. The minimum absolute atomic E-state index is 0.131. The van der Waals surface area contributed by atoms with Crippen molar-refractivity contribution in [3.63, 3.8) is 0 Å². The van der Waals surface area contributed by atoms with Gasteiger partial charge in [0.05, 0.1) is 6.20 Å². The first-order chi connectivity index (χ1) is 11.2. The maximum Gasteiger partial charge on any atom is 0.273 e. The third-order valence-electron chi connectivity index (χ3n) is 3.61. The molecule has 0 radical (unpaired) electrons. The van der Waals surface area contributed by atoms with Crippen molar-refractivity contribution < 1.29 is 18.8 Å². The van der Waals surface area contributed by atoms with Crippen LogP contribution in [0.3, 0.4) is 0 Å². The summed E-state index contributed by atoms with van der Waals surface area (Å²) in [6.07, 6.45) is 3.28. The molecule has 0 bridgehead atoms. The molecule has 3 rings (SSSR count). The lowest BCUT2D eigenvalue weighted by Crippen LogP contribution is -2.39. The van der Waals surface area contributed by atoms with Gasteiger partial charge in [0, 0.05) is 31.0 Å². The van der Waals surface area contributed by atoms with E-state index in [-0.39, 0.29) is 24.2 Å². The Labute approximate surface area is 134 Å². The fraction of sp³-hybridized carbons (Fsp3) is 0.438. The lowest BCUT2D eigenvalue weighted by Gasteiger charge is -2.22. The quantitative estimate of drug-likeness (QED) is 0.906. The lowest BCUT2D eigenvalue weighted by molar-refractivity contribution is 0.0692. The number of hydrogen-bond donors (Lipinski definition) is 1. The number of nitrogens with one attached hydrogen (secondary N) is 1. The smallest absolute Gasteiger partial charge is 0.273 e. The van der Waals surface area contributed by atoms with Crippen molar-refractivity contribution in [2.75, 3.05) is 13.2 Å². The van der Waals surface area contributed by atoms with Crippen LogP contribution in [-0.4, -0.2) is 35.3 Å². The molecule has 0 atom stereocenters. The molecule has 0 saturated carbocycles. The number of amides is 1. The molecule has 7 nitrogen and oxygen atoms in total. The molecule has 3 heterocycles. The van der Waals surface area contributed by atoms with Crippen molar-refractivity contribution in [3.05, 3.63) is 41.5 Å². The average molecular weight is 317 g/mol.